The average Bonchev–Trinajstić information content (AvgIpc) is 3.14. The van der Waals surface area contributed by atoms with Gasteiger partial charge in [-0.2, -0.15) is 0 Å². The maximum absolute atomic E-state index is 12.4. The smallest absolute Gasteiger partial charge is 0.251 e. The number of carbonyl (C=O) groups excluding carboxylic acids is 1. The Hall–Kier alpha value is -2.56. The molecule has 25 heavy (non-hydrogen) atoms. The van der Waals surface area contributed by atoms with Gasteiger partial charge in [-0.15, -0.1) is 0 Å². The summed E-state index contributed by atoms with van der Waals surface area (Å²) in [6.07, 6.45) is 2.44. The number of nitrogens with zero attached hydrogens (tertiary/aromatic N) is 2. The number of nitrogens with one attached hydrogen (secondary N) is 1. The molecule has 1 aliphatic rings. The summed E-state index contributed by atoms with van der Waals surface area (Å²) < 4.78 is 5.45. The number of carbonyl (C=O) groups is 1. The second kappa shape index (κ2) is 8.01. The number of rotatable bonds is 6. The molecule has 3 rings (SSSR count). The quantitative estimate of drug-likeness (QED) is 0.877. The van der Waals surface area contributed by atoms with Gasteiger partial charge in [0.1, 0.15) is 11.6 Å². The van der Waals surface area contributed by atoms with Gasteiger partial charge >= 0.3 is 0 Å². The number of aromatic nitrogens is 1. The van der Waals surface area contributed by atoms with Gasteiger partial charge in [0.25, 0.3) is 5.91 Å². The molecule has 0 atom stereocenters. The molecule has 1 aliphatic heterocycles. The van der Waals surface area contributed by atoms with E-state index in [9.17, 15) is 4.79 Å². The predicted octanol–water partition coefficient (Wildman–Crippen LogP) is 3.32. The van der Waals surface area contributed by atoms with Crippen molar-refractivity contribution in [1.82, 2.24) is 10.3 Å². The van der Waals surface area contributed by atoms with Crippen LogP contribution in [0.25, 0.3) is 0 Å². The Morgan fingerprint density at radius 2 is 2.04 bits per heavy atom. The molecule has 0 radical (unpaired) electrons. The molecule has 1 aromatic carbocycles. The average molecular weight is 339 g/mol. The lowest BCUT2D eigenvalue weighted by Gasteiger charge is -2.18. The summed E-state index contributed by atoms with van der Waals surface area (Å²) in [6, 6.07) is 11.4. The Balaban J connectivity index is 1.66. The number of amides is 1. The molecule has 1 amide bonds. The number of pyridine rings is 1. The van der Waals surface area contributed by atoms with E-state index >= 15 is 0 Å². The Kier molecular flexibility index (Phi) is 5.53. The summed E-state index contributed by atoms with van der Waals surface area (Å²) in [7, 11) is 0. The van der Waals surface area contributed by atoms with Crippen LogP contribution in [0.15, 0.2) is 36.4 Å². The van der Waals surface area contributed by atoms with E-state index in [0.717, 1.165) is 30.2 Å². The van der Waals surface area contributed by atoms with Crippen molar-refractivity contribution < 1.29 is 9.53 Å². The monoisotopic (exact) mass is 339 g/mol. The van der Waals surface area contributed by atoms with Gasteiger partial charge in [0.15, 0.2) is 0 Å². The van der Waals surface area contributed by atoms with E-state index in [-0.39, 0.29) is 5.91 Å². The fourth-order valence-electron chi connectivity index (χ4n) is 3.11. The second-order valence-corrected chi connectivity index (χ2v) is 6.31. The third kappa shape index (κ3) is 4.50. The molecular formula is C20H25N3O2. The van der Waals surface area contributed by atoms with E-state index in [0.29, 0.717) is 24.5 Å². The van der Waals surface area contributed by atoms with Gasteiger partial charge in [-0.1, -0.05) is 6.07 Å². The van der Waals surface area contributed by atoms with Crippen molar-refractivity contribution in [2.24, 2.45) is 0 Å². The van der Waals surface area contributed by atoms with Crippen LogP contribution in [0.2, 0.25) is 0 Å². The normalized spacial score (nSPS) is 13.8. The van der Waals surface area contributed by atoms with Crippen LogP contribution in [0.5, 0.6) is 5.75 Å². The molecule has 5 nitrogen and oxygen atoms in total. The Bertz CT molecular complexity index is 739. The van der Waals surface area contributed by atoms with E-state index in [1.807, 2.05) is 32.0 Å². The van der Waals surface area contributed by atoms with Crippen molar-refractivity contribution >= 4 is 11.7 Å². The van der Waals surface area contributed by atoms with Crippen LogP contribution in [0, 0.1) is 6.92 Å². The van der Waals surface area contributed by atoms with Crippen molar-refractivity contribution in [3.05, 3.63) is 53.2 Å². The van der Waals surface area contributed by atoms with Gasteiger partial charge in [0.05, 0.1) is 6.61 Å². The van der Waals surface area contributed by atoms with Crippen molar-refractivity contribution in [2.75, 3.05) is 24.6 Å². The minimum Gasteiger partial charge on any atom is -0.494 e. The van der Waals surface area contributed by atoms with Crippen LogP contribution in [0.3, 0.4) is 0 Å². The molecule has 0 saturated carbocycles. The van der Waals surface area contributed by atoms with Gasteiger partial charge in [-0.05, 0) is 62.6 Å². The summed E-state index contributed by atoms with van der Waals surface area (Å²) >= 11 is 0. The van der Waals surface area contributed by atoms with Crippen LogP contribution >= 0.6 is 0 Å². The van der Waals surface area contributed by atoms with E-state index in [4.69, 9.17) is 4.74 Å². The van der Waals surface area contributed by atoms with Gasteiger partial charge < -0.3 is 15.0 Å². The first kappa shape index (κ1) is 17.3. The molecule has 2 heterocycles. The molecule has 132 valence electrons. The number of hydrogen-bond acceptors (Lipinski definition) is 4. The molecule has 1 aromatic heterocycles. The van der Waals surface area contributed by atoms with Gasteiger partial charge in [-0.3, -0.25) is 4.79 Å². The fourth-order valence-corrected chi connectivity index (χ4v) is 3.11. The number of benzene rings is 1. The fraction of sp³-hybridized carbons (Fsp3) is 0.400. The molecular weight excluding hydrogens is 314 g/mol. The highest BCUT2D eigenvalue weighted by atomic mass is 16.5. The van der Waals surface area contributed by atoms with E-state index in [1.54, 1.807) is 12.1 Å². The highest BCUT2D eigenvalue weighted by molar-refractivity contribution is 5.94. The first-order valence-electron chi connectivity index (χ1n) is 8.89. The van der Waals surface area contributed by atoms with E-state index < -0.39 is 0 Å². The van der Waals surface area contributed by atoms with Crippen LogP contribution < -0.4 is 15.0 Å². The van der Waals surface area contributed by atoms with Crippen molar-refractivity contribution in [1.29, 1.82) is 0 Å². The van der Waals surface area contributed by atoms with Crippen LogP contribution in [0.1, 0.15) is 41.4 Å². The molecule has 1 saturated heterocycles. The molecule has 0 spiro atoms. The zero-order chi connectivity index (χ0) is 17.6. The second-order valence-electron chi connectivity index (χ2n) is 6.31. The predicted molar refractivity (Wildman–Crippen MR) is 99.2 cm³/mol. The highest BCUT2D eigenvalue weighted by Gasteiger charge is 2.15. The molecule has 0 unspecified atom stereocenters. The van der Waals surface area contributed by atoms with Gasteiger partial charge in [0.2, 0.25) is 0 Å². The standard InChI is InChI=1S/C20H25N3O2/c1-3-25-18-8-6-7-17(13-18)20(24)21-14-16-11-15(2)22-19(12-16)23-9-4-5-10-23/h6-8,11-13H,3-5,9-10,14H2,1-2H3,(H,21,24). The number of aryl methyl sites for hydroxylation is 1. The zero-order valence-electron chi connectivity index (χ0n) is 14.9. The van der Waals surface area contributed by atoms with Gasteiger partial charge in [0, 0.05) is 30.9 Å². The number of anilines is 1. The van der Waals surface area contributed by atoms with E-state index in [2.05, 4.69) is 21.3 Å². The summed E-state index contributed by atoms with van der Waals surface area (Å²) in [5, 5.41) is 2.99. The summed E-state index contributed by atoms with van der Waals surface area (Å²) in [5.41, 5.74) is 2.66. The summed E-state index contributed by atoms with van der Waals surface area (Å²) in [5.74, 6) is 1.63. The Morgan fingerprint density at radius 1 is 1.24 bits per heavy atom. The minimum absolute atomic E-state index is 0.0984. The first-order chi connectivity index (χ1) is 12.2. The largest absolute Gasteiger partial charge is 0.494 e. The van der Waals surface area contributed by atoms with E-state index in [1.165, 1.54) is 12.8 Å². The third-order valence-corrected chi connectivity index (χ3v) is 4.29. The zero-order valence-corrected chi connectivity index (χ0v) is 14.9. The lowest BCUT2D eigenvalue weighted by Crippen LogP contribution is -2.24. The van der Waals surface area contributed by atoms with Crippen molar-refractivity contribution in [2.45, 2.75) is 33.2 Å². The molecule has 1 N–H and O–H groups in total. The summed E-state index contributed by atoms with van der Waals surface area (Å²) in [6.45, 7) is 7.12. The van der Waals surface area contributed by atoms with Crippen LogP contribution in [0.4, 0.5) is 5.82 Å². The SMILES string of the molecule is CCOc1cccc(C(=O)NCc2cc(C)nc(N3CCCC3)c2)c1. The third-order valence-electron chi connectivity index (χ3n) is 4.29. The number of ether oxygens (including phenoxy) is 1. The van der Waals surface area contributed by atoms with Crippen LogP contribution in [-0.2, 0) is 6.54 Å². The molecule has 5 heteroatoms. The highest BCUT2D eigenvalue weighted by Crippen LogP contribution is 2.20. The summed E-state index contributed by atoms with van der Waals surface area (Å²) in [4.78, 5) is 19.3. The minimum atomic E-state index is -0.0984. The molecule has 0 bridgehead atoms. The maximum Gasteiger partial charge on any atom is 0.251 e. The number of hydrogen-bond donors (Lipinski definition) is 1. The first-order valence-corrected chi connectivity index (χ1v) is 8.89. The molecule has 0 aliphatic carbocycles. The Morgan fingerprint density at radius 3 is 2.80 bits per heavy atom. The topological polar surface area (TPSA) is 54.5 Å². The van der Waals surface area contributed by atoms with Crippen molar-refractivity contribution in [3.8, 4) is 5.75 Å². The van der Waals surface area contributed by atoms with Gasteiger partial charge in [-0.25, -0.2) is 4.98 Å². The molecule has 1 fully saturated rings. The van der Waals surface area contributed by atoms with Crippen LogP contribution in [-0.4, -0.2) is 30.6 Å². The lowest BCUT2D eigenvalue weighted by molar-refractivity contribution is 0.0950. The lowest BCUT2D eigenvalue weighted by atomic mass is 10.2. The van der Waals surface area contributed by atoms with Crippen molar-refractivity contribution in [3.63, 3.8) is 0 Å². The molecule has 2 aromatic rings. The Labute approximate surface area is 149 Å². The maximum atomic E-state index is 12.4.